The van der Waals surface area contributed by atoms with Crippen molar-refractivity contribution in [3.05, 3.63) is 29.3 Å². The van der Waals surface area contributed by atoms with E-state index in [-0.39, 0.29) is 0 Å². The van der Waals surface area contributed by atoms with Crippen LogP contribution < -0.4 is 16.2 Å². The summed E-state index contributed by atoms with van der Waals surface area (Å²) in [4.78, 5) is 11.1. The third-order valence-corrected chi connectivity index (χ3v) is 1.86. The van der Waals surface area contributed by atoms with Crippen molar-refractivity contribution in [2.45, 2.75) is 6.92 Å². The van der Waals surface area contributed by atoms with E-state index in [1.807, 2.05) is 19.1 Å². The Kier molecular flexibility index (Phi) is 3.48. The highest BCUT2D eigenvalue weighted by Crippen LogP contribution is 2.21. The molecule has 0 heterocycles. The van der Waals surface area contributed by atoms with Gasteiger partial charge in [-0.1, -0.05) is 12.1 Å². The van der Waals surface area contributed by atoms with Crippen LogP contribution in [-0.4, -0.2) is 19.1 Å². The van der Waals surface area contributed by atoms with E-state index >= 15 is 0 Å². The maximum absolute atomic E-state index is 11.1. The predicted octanol–water partition coefficient (Wildman–Crippen LogP) is 0.431. The summed E-state index contributed by atoms with van der Waals surface area (Å²) in [5, 5.41) is 0. The molecule has 1 amide bonds. The quantitative estimate of drug-likeness (QED) is 0.729. The number of benzene rings is 1. The molecule has 76 valence electrons. The minimum Gasteiger partial charge on any atom is -0.491 e. The number of rotatable bonds is 4. The Balaban J connectivity index is 3.02. The average Bonchev–Trinajstić information content (AvgIpc) is 2.14. The van der Waals surface area contributed by atoms with Crippen molar-refractivity contribution >= 4 is 5.91 Å². The zero-order chi connectivity index (χ0) is 10.6. The minimum atomic E-state index is -0.477. The Labute approximate surface area is 82.8 Å². The highest BCUT2D eigenvalue weighted by atomic mass is 16.5. The molecule has 0 atom stereocenters. The Morgan fingerprint density at radius 3 is 2.79 bits per heavy atom. The molecule has 4 nitrogen and oxygen atoms in total. The Hall–Kier alpha value is -1.55. The van der Waals surface area contributed by atoms with Crippen LogP contribution in [0.3, 0.4) is 0 Å². The molecule has 4 heteroatoms. The van der Waals surface area contributed by atoms with Crippen molar-refractivity contribution in [3.8, 4) is 5.75 Å². The number of amides is 1. The van der Waals surface area contributed by atoms with Crippen LogP contribution >= 0.6 is 0 Å². The molecule has 0 fully saturated rings. The summed E-state index contributed by atoms with van der Waals surface area (Å²) in [7, 11) is 0. The summed E-state index contributed by atoms with van der Waals surface area (Å²) in [6, 6.07) is 5.34. The van der Waals surface area contributed by atoms with Gasteiger partial charge >= 0.3 is 0 Å². The van der Waals surface area contributed by atoms with Crippen LogP contribution in [0.2, 0.25) is 0 Å². The van der Waals surface area contributed by atoms with E-state index in [1.165, 1.54) is 0 Å². The molecular weight excluding hydrogens is 180 g/mol. The van der Waals surface area contributed by atoms with E-state index in [1.54, 1.807) is 6.07 Å². The van der Waals surface area contributed by atoms with Gasteiger partial charge in [-0.2, -0.15) is 0 Å². The van der Waals surface area contributed by atoms with E-state index < -0.39 is 5.91 Å². The van der Waals surface area contributed by atoms with Gasteiger partial charge in [-0.05, 0) is 18.6 Å². The molecule has 0 bridgehead atoms. The highest BCUT2D eigenvalue weighted by molar-refractivity contribution is 5.97. The second-order valence-corrected chi connectivity index (χ2v) is 2.95. The maximum atomic E-state index is 11.1. The number of ether oxygens (including phenoxy) is 1. The van der Waals surface area contributed by atoms with Crippen molar-refractivity contribution < 1.29 is 9.53 Å². The summed E-state index contributed by atoms with van der Waals surface area (Å²) < 4.78 is 5.30. The minimum absolute atomic E-state index is 0.379. The standard InChI is InChI=1S/C10H14N2O2/c1-7-3-2-4-8(14-6-5-11)9(7)10(12)13/h2-4H,5-6,11H2,1H3,(H2,12,13). The van der Waals surface area contributed by atoms with E-state index in [4.69, 9.17) is 16.2 Å². The Bertz CT molecular complexity index is 337. The van der Waals surface area contributed by atoms with E-state index in [2.05, 4.69) is 0 Å². The first-order valence-electron chi connectivity index (χ1n) is 4.39. The number of nitrogens with two attached hydrogens (primary N) is 2. The lowest BCUT2D eigenvalue weighted by Gasteiger charge is -2.10. The SMILES string of the molecule is Cc1cccc(OCCN)c1C(N)=O. The van der Waals surface area contributed by atoms with Gasteiger partial charge < -0.3 is 16.2 Å². The first-order chi connectivity index (χ1) is 6.66. The third-order valence-electron chi connectivity index (χ3n) is 1.86. The summed E-state index contributed by atoms with van der Waals surface area (Å²) in [5.74, 6) is 0.0260. The van der Waals surface area contributed by atoms with E-state index in [0.29, 0.717) is 24.5 Å². The number of primary amides is 1. The second-order valence-electron chi connectivity index (χ2n) is 2.95. The molecule has 0 aromatic heterocycles. The van der Waals surface area contributed by atoms with Gasteiger partial charge in [-0.3, -0.25) is 4.79 Å². The fourth-order valence-corrected chi connectivity index (χ4v) is 1.25. The smallest absolute Gasteiger partial charge is 0.252 e. The summed E-state index contributed by atoms with van der Waals surface area (Å²) >= 11 is 0. The first kappa shape index (κ1) is 10.5. The fourth-order valence-electron chi connectivity index (χ4n) is 1.25. The maximum Gasteiger partial charge on any atom is 0.252 e. The number of hydrogen-bond donors (Lipinski definition) is 2. The van der Waals surface area contributed by atoms with Crippen molar-refractivity contribution in [1.82, 2.24) is 0 Å². The van der Waals surface area contributed by atoms with Crippen LogP contribution in [-0.2, 0) is 0 Å². The second kappa shape index (κ2) is 4.62. The third kappa shape index (κ3) is 2.23. The predicted molar refractivity (Wildman–Crippen MR) is 54.2 cm³/mol. The molecule has 1 rings (SSSR count). The van der Waals surface area contributed by atoms with E-state index in [0.717, 1.165) is 5.56 Å². The van der Waals surface area contributed by atoms with Crippen LogP contribution in [0.1, 0.15) is 15.9 Å². The number of aryl methyl sites for hydroxylation is 1. The number of carbonyl (C=O) groups is 1. The molecule has 0 radical (unpaired) electrons. The summed E-state index contributed by atoms with van der Waals surface area (Å²) in [6.07, 6.45) is 0. The topological polar surface area (TPSA) is 78.3 Å². The first-order valence-corrected chi connectivity index (χ1v) is 4.39. The lowest BCUT2D eigenvalue weighted by molar-refractivity contribution is 0.0996. The molecule has 0 aliphatic heterocycles. The molecule has 0 saturated heterocycles. The van der Waals surface area contributed by atoms with Crippen molar-refractivity contribution in [2.75, 3.05) is 13.2 Å². The Morgan fingerprint density at radius 1 is 1.50 bits per heavy atom. The summed E-state index contributed by atoms with van der Waals surface area (Å²) in [6.45, 7) is 2.60. The van der Waals surface area contributed by atoms with Crippen LogP contribution in [0.15, 0.2) is 18.2 Å². The van der Waals surface area contributed by atoms with Crippen molar-refractivity contribution in [1.29, 1.82) is 0 Å². The zero-order valence-corrected chi connectivity index (χ0v) is 8.12. The summed E-state index contributed by atoms with van der Waals surface area (Å²) in [5.41, 5.74) is 11.8. The average molecular weight is 194 g/mol. The van der Waals surface area contributed by atoms with Gasteiger partial charge in [0.05, 0.1) is 5.56 Å². The van der Waals surface area contributed by atoms with Crippen molar-refractivity contribution in [3.63, 3.8) is 0 Å². The largest absolute Gasteiger partial charge is 0.491 e. The van der Waals surface area contributed by atoms with Gasteiger partial charge in [0.1, 0.15) is 12.4 Å². The molecule has 0 saturated carbocycles. The molecule has 0 spiro atoms. The van der Waals surface area contributed by atoms with Gasteiger partial charge in [-0.15, -0.1) is 0 Å². The van der Waals surface area contributed by atoms with E-state index in [9.17, 15) is 4.79 Å². The number of carbonyl (C=O) groups excluding carboxylic acids is 1. The highest BCUT2D eigenvalue weighted by Gasteiger charge is 2.11. The molecule has 1 aromatic rings. The molecule has 1 aromatic carbocycles. The number of hydrogen-bond acceptors (Lipinski definition) is 3. The Morgan fingerprint density at radius 2 is 2.21 bits per heavy atom. The van der Waals surface area contributed by atoms with Gasteiger partial charge in [0, 0.05) is 6.54 Å². The van der Waals surface area contributed by atoms with Gasteiger partial charge in [0.25, 0.3) is 5.91 Å². The van der Waals surface area contributed by atoms with Crippen LogP contribution in [0, 0.1) is 6.92 Å². The van der Waals surface area contributed by atoms with Gasteiger partial charge in [0.15, 0.2) is 0 Å². The lowest BCUT2D eigenvalue weighted by Crippen LogP contribution is -2.17. The molecule has 0 aliphatic rings. The van der Waals surface area contributed by atoms with Crippen LogP contribution in [0.5, 0.6) is 5.75 Å². The molecule has 0 aliphatic carbocycles. The van der Waals surface area contributed by atoms with Crippen LogP contribution in [0.25, 0.3) is 0 Å². The normalized spacial score (nSPS) is 9.86. The molecule has 4 N–H and O–H groups in total. The monoisotopic (exact) mass is 194 g/mol. The van der Waals surface area contributed by atoms with Crippen molar-refractivity contribution in [2.24, 2.45) is 11.5 Å². The molecular formula is C10H14N2O2. The molecule has 0 unspecified atom stereocenters. The van der Waals surface area contributed by atoms with Gasteiger partial charge in [-0.25, -0.2) is 0 Å². The zero-order valence-electron chi connectivity index (χ0n) is 8.12. The lowest BCUT2D eigenvalue weighted by atomic mass is 10.1. The van der Waals surface area contributed by atoms with Crippen LogP contribution in [0.4, 0.5) is 0 Å². The fraction of sp³-hybridized carbons (Fsp3) is 0.300. The molecule has 14 heavy (non-hydrogen) atoms. The van der Waals surface area contributed by atoms with Gasteiger partial charge in [0.2, 0.25) is 0 Å².